The highest BCUT2D eigenvalue weighted by atomic mass is 16.3. The Morgan fingerprint density at radius 3 is 1.92 bits per heavy atom. The molecule has 4 nitrogen and oxygen atoms in total. The molecule has 0 amide bonds. The van der Waals surface area contributed by atoms with E-state index in [0.717, 1.165) is 50.4 Å². The highest BCUT2D eigenvalue weighted by Gasteiger charge is 2.18. The van der Waals surface area contributed by atoms with E-state index in [0.29, 0.717) is 5.71 Å². The molecule has 51 heavy (non-hydrogen) atoms. The molecule has 0 radical (unpaired) electrons. The fourth-order valence-electron chi connectivity index (χ4n) is 7.41. The van der Waals surface area contributed by atoms with Crippen molar-refractivity contribution in [3.8, 4) is 28.1 Å². The molecule has 4 heteroatoms. The predicted molar refractivity (Wildman–Crippen MR) is 211 cm³/mol. The molecule has 0 aliphatic rings. The molecule has 0 bridgehead atoms. The smallest absolute Gasteiger partial charge is 0.227 e. The minimum atomic E-state index is 0.653. The van der Waals surface area contributed by atoms with Crippen molar-refractivity contribution in [2.24, 2.45) is 0 Å². The predicted octanol–water partition coefficient (Wildman–Crippen LogP) is 12.9. The Kier molecular flexibility index (Phi) is 6.78. The molecule has 0 atom stereocenters. The number of pyridine rings is 1. The molecule has 0 fully saturated rings. The molecule has 0 unspecified atom stereocenters. The summed E-state index contributed by atoms with van der Waals surface area (Å²) >= 11 is 0. The van der Waals surface area contributed by atoms with Crippen molar-refractivity contribution in [1.82, 2.24) is 9.55 Å². The summed E-state index contributed by atoms with van der Waals surface area (Å²) in [5.74, 6) is 0. The Bertz CT molecular complexity index is 2850. The molecule has 0 saturated carbocycles. The van der Waals surface area contributed by atoms with Gasteiger partial charge < -0.3 is 13.9 Å². The van der Waals surface area contributed by atoms with Gasteiger partial charge in [-0.15, -0.1) is 0 Å². The van der Waals surface area contributed by atoms with Crippen molar-refractivity contribution in [2.45, 2.75) is 0 Å². The Labute approximate surface area is 295 Å². The van der Waals surface area contributed by atoms with Crippen molar-refractivity contribution < 1.29 is 4.42 Å². The number of anilines is 3. The third kappa shape index (κ3) is 4.96. The number of nitrogens with zero attached hydrogens (tertiary/aromatic N) is 3. The molecule has 0 aliphatic heterocycles. The largest absolute Gasteiger partial charge is 0.438 e. The third-order valence-corrected chi connectivity index (χ3v) is 9.81. The summed E-state index contributed by atoms with van der Waals surface area (Å²) in [6, 6.07) is 66.4. The first kappa shape index (κ1) is 29.0. The third-order valence-electron chi connectivity index (χ3n) is 9.81. The topological polar surface area (TPSA) is 34.2 Å². The number of aromatic nitrogens is 2. The lowest BCUT2D eigenvalue weighted by Gasteiger charge is -2.26. The number of fused-ring (bicyclic) bond motifs is 6. The maximum atomic E-state index is 6.11. The van der Waals surface area contributed by atoms with Crippen LogP contribution in [0.15, 0.2) is 192 Å². The second-order valence-electron chi connectivity index (χ2n) is 12.8. The van der Waals surface area contributed by atoms with E-state index in [4.69, 9.17) is 9.40 Å². The van der Waals surface area contributed by atoms with Crippen molar-refractivity contribution in [2.75, 3.05) is 4.90 Å². The first-order chi connectivity index (χ1) is 25.3. The fraction of sp³-hybridized carbons (Fsp3) is 0. The van der Waals surface area contributed by atoms with Crippen LogP contribution in [0.3, 0.4) is 0 Å². The highest BCUT2D eigenvalue weighted by molar-refractivity contribution is 6.11. The molecule has 10 rings (SSSR count). The van der Waals surface area contributed by atoms with Crippen LogP contribution in [-0.2, 0) is 0 Å². The van der Waals surface area contributed by atoms with Crippen LogP contribution in [0, 0.1) is 0 Å². The van der Waals surface area contributed by atoms with Crippen LogP contribution in [0.4, 0.5) is 17.1 Å². The Morgan fingerprint density at radius 2 is 1.08 bits per heavy atom. The lowest BCUT2D eigenvalue weighted by atomic mass is 10.0. The molecule has 0 spiro atoms. The minimum Gasteiger partial charge on any atom is -0.438 e. The van der Waals surface area contributed by atoms with Gasteiger partial charge in [0.2, 0.25) is 5.71 Å². The number of rotatable bonds is 6. The van der Waals surface area contributed by atoms with E-state index in [2.05, 4.69) is 179 Å². The monoisotopic (exact) mass is 653 g/mol. The molecule has 7 aromatic carbocycles. The van der Waals surface area contributed by atoms with Crippen LogP contribution in [-0.4, -0.2) is 9.55 Å². The van der Waals surface area contributed by atoms with Gasteiger partial charge in [0.25, 0.3) is 0 Å². The fourth-order valence-corrected chi connectivity index (χ4v) is 7.41. The SMILES string of the molecule is c1ccc(-c2cccc(N(c3ccc(-c4ccc5c(n4)oc4ccccc45)cc3)c3ccc4c(c3)c3ccccc3n4-c3ccccc3)c2)cc1. The Morgan fingerprint density at radius 1 is 0.412 bits per heavy atom. The maximum Gasteiger partial charge on any atom is 0.227 e. The van der Waals surface area contributed by atoms with Gasteiger partial charge in [-0.2, -0.15) is 0 Å². The standard InChI is InChI=1S/C47H31N3O/c1-3-12-32(13-4-1)34-14-11-17-37(30-34)49(36-24-22-33(23-25-36)43-28-27-41-40-19-8-10-21-46(40)51-47(41)48-43)38-26-29-45-42(31-38)39-18-7-9-20-44(39)50(45)35-15-5-2-6-16-35/h1-31H. The number of hydrogen-bond acceptors (Lipinski definition) is 3. The van der Waals surface area contributed by atoms with Crippen molar-refractivity contribution in [3.63, 3.8) is 0 Å². The first-order valence-corrected chi connectivity index (χ1v) is 17.2. The summed E-state index contributed by atoms with van der Waals surface area (Å²) in [5.41, 5.74) is 12.5. The van der Waals surface area contributed by atoms with Crippen molar-refractivity contribution in [3.05, 3.63) is 188 Å². The van der Waals surface area contributed by atoms with Gasteiger partial charge in [0, 0.05) is 49.9 Å². The first-order valence-electron chi connectivity index (χ1n) is 17.2. The van der Waals surface area contributed by atoms with Crippen LogP contribution < -0.4 is 4.90 Å². The van der Waals surface area contributed by atoms with Gasteiger partial charge >= 0.3 is 0 Å². The van der Waals surface area contributed by atoms with E-state index in [1.165, 1.54) is 32.9 Å². The van der Waals surface area contributed by atoms with Gasteiger partial charge in [0.15, 0.2) is 0 Å². The van der Waals surface area contributed by atoms with E-state index in [1.54, 1.807) is 0 Å². The van der Waals surface area contributed by atoms with Gasteiger partial charge in [-0.05, 0) is 90.0 Å². The van der Waals surface area contributed by atoms with Crippen LogP contribution in [0.25, 0.3) is 71.9 Å². The average molecular weight is 654 g/mol. The molecular formula is C47H31N3O. The molecule has 10 aromatic rings. The van der Waals surface area contributed by atoms with Gasteiger partial charge in [0.1, 0.15) is 5.58 Å². The highest BCUT2D eigenvalue weighted by Crippen LogP contribution is 2.41. The molecule has 3 aromatic heterocycles. The Balaban J connectivity index is 1.12. The van der Waals surface area contributed by atoms with Crippen molar-refractivity contribution >= 4 is 60.9 Å². The van der Waals surface area contributed by atoms with E-state index >= 15 is 0 Å². The summed E-state index contributed by atoms with van der Waals surface area (Å²) in [5, 5.41) is 4.54. The van der Waals surface area contributed by atoms with E-state index in [9.17, 15) is 0 Å². The number of hydrogen-bond donors (Lipinski definition) is 0. The zero-order valence-corrected chi connectivity index (χ0v) is 27.6. The Hall–Kier alpha value is -6.91. The summed E-state index contributed by atoms with van der Waals surface area (Å²) < 4.78 is 8.47. The molecule has 3 heterocycles. The normalized spacial score (nSPS) is 11.5. The summed E-state index contributed by atoms with van der Waals surface area (Å²) in [6.45, 7) is 0. The van der Waals surface area contributed by atoms with Gasteiger partial charge in [0.05, 0.1) is 16.7 Å². The summed E-state index contributed by atoms with van der Waals surface area (Å²) in [7, 11) is 0. The zero-order valence-electron chi connectivity index (χ0n) is 27.6. The van der Waals surface area contributed by atoms with Gasteiger partial charge in [-0.3, -0.25) is 0 Å². The van der Waals surface area contributed by atoms with Crippen LogP contribution in [0.1, 0.15) is 0 Å². The lowest BCUT2D eigenvalue weighted by Crippen LogP contribution is -2.10. The summed E-state index contributed by atoms with van der Waals surface area (Å²) in [4.78, 5) is 7.27. The van der Waals surface area contributed by atoms with Gasteiger partial charge in [-0.1, -0.05) is 109 Å². The zero-order chi connectivity index (χ0) is 33.7. The van der Waals surface area contributed by atoms with E-state index in [-0.39, 0.29) is 0 Å². The minimum absolute atomic E-state index is 0.653. The molecular weight excluding hydrogens is 623 g/mol. The maximum absolute atomic E-state index is 6.11. The molecule has 240 valence electrons. The second-order valence-corrected chi connectivity index (χ2v) is 12.8. The van der Waals surface area contributed by atoms with E-state index in [1.807, 2.05) is 18.2 Å². The van der Waals surface area contributed by atoms with Crippen molar-refractivity contribution in [1.29, 1.82) is 0 Å². The van der Waals surface area contributed by atoms with Crippen LogP contribution in [0.5, 0.6) is 0 Å². The van der Waals surface area contributed by atoms with Crippen LogP contribution in [0.2, 0.25) is 0 Å². The average Bonchev–Trinajstić information content (AvgIpc) is 3.74. The number of para-hydroxylation sites is 3. The molecule has 0 aliphatic carbocycles. The van der Waals surface area contributed by atoms with E-state index < -0.39 is 0 Å². The lowest BCUT2D eigenvalue weighted by molar-refractivity contribution is 0.654. The number of furan rings is 1. The molecule has 0 N–H and O–H groups in total. The molecule has 0 saturated heterocycles. The van der Waals surface area contributed by atoms with Gasteiger partial charge in [-0.25, -0.2) is 4.98 Å². The quantitative estimate of drug-likeness (QED) is 0.179. The summed E-state index contributed by atoms with van der Waals surface area (Å²) in [6.07, 6.45) is 0. The number of benzene rings is 7. The van der Waals surface area contributed by atoms with Crippen LogP contribution >= 0.6 is 0 Å². The second kappa shape index (κ2) is 11.9.